The van der Waals surface area contributed by atoms with Gasteiger partial charge in [-0.2, -0.15) is 0 Å². The number of hydrogen-bond donors (Lipinski definition) is 1. The van der Waals surface area contributed by atoms with E-state index in [0.29, 0.717) is 17.2 Å². The second-order valence-corrected chi connectivity index (χ2v) is 7.58. The summed E-state index contributed by atoms with van der Waals surface area (Å²) in [6.45, 7) is 0.470. The van der Waals surface area contributed by atoms with Gasteiger partial charge in [0.15, 0.2) is 9.84 Å². The predicted molar refractivity (Wildman–Crippen MR) is 89.2 cm³/mol. The van der Waals surface area contributed by atoms with Crippen molar-refractivity contribution in [3.05, 3.63) is 48.0 Å². The molecular formula is C17H19NO4S. The minimum atomic E-state index is -3.27. The van der Waals surface area contributed by atoms with Crippen LogP contribution in [0.1, 0.15) is 5.56 Å². The second-order valence-electron chi connectivity index (χ2n) is 5.60. The molecule has 0 saturated heterocycles. The largest absolute Gasteiger partial charge is 0.497 e. The summed E-state index contributed by atoms with van der Waals surface area (Å²) >= 11 is 0. The van der Waals surface area contributed by atoms with Crippen molar-refractivity contribution in [2.75, 3.05) is 25.3 Å². The zero-order valence-electron chi connectivity index (χ0n) is 13.1. The lowest BCUT2D eigenvalue weighted by Crippen LogP contribution is -2.33. The van der Waals surface area contributed by atoms with E-state index in [0.717, 1.165) is 23.5 Å². The van der Waals surface area contributed by atoms with Gasteiger partial charge in [0.05, 0.1) is 23.7 Å². The molecule has 0 saturated carbocycles. The predicted octanol–water partition coefficient (Wildman–Crippen LogP) is 2.51. The fourth-order valence-electron chi connectivity index (χ4n) is 2.70. The minimum absolute atomic E-state index is 0.0128. The number of ether oxygens (including phenoxy) is 2. The van der Waals surface area contributed by atoms with Gasteiger partial charge in [-0.25, -0.2) is 8.42 Å². The van der Waals surface area contributed by atoms with Crippen molar-refractivity contribution in [1.82, 2.24) is 0 Å². The molecule has 1 atom stereocenters. The number of hydrogen-bond acceptors (Lipinski definition) is 5. The summed E-state index contributed by atoms with van der Waals surface area (Å²) in [6, 6.07) is 12.7. The van der Waals surface area contributed by atoms with Gasteiger partial charge in [-0.15, -0.1) is 0 Å². The molecule has 0 amide bonds. The van der Waals surface area contributed by atoms with Crippen LogP contribution in [-0.4, -0.2) is 34.4 Å². The van der Waals surface area contributed by atoms with E-state index in [4.69, 9.17) is 9.47 Å². The number of para-hydroxylation sites is 1. The van der Waals surface area contributed by atoms with Gasteiger partial charge >= 0.3 is 0 Å². The van der Waals surface area contributed by atoms with Gasteiger partial charge in [-0.05, 0) is 30.2 Å². The highest BCUT2D eigenvalue weighted by Crippen LogP contribution is 2.30. The average molecular weight is 333 g/mol. The molecule has 2 aromatic carbocycles. The first-order valence-electron chi connectivity index (χ1n) is 7.32. The molecule has 3 rings (SSSR count). The second kappa shape index (κ2) is 6.12. The minimum Gasteiger partial charge on any atom is -0.497 e. The van der Waals surface area contributed by atoms with E-state index >= 15 is 0 Å². The van der Waals surface area contributed by atoms with Gasteiger partial charge in [0.2, 0.25) is 0 Å². The fourth-order valence-corrected chi connectivity index (χ4v) is 3.55. The van der Waals surface area contributed by atoms with Gasteiger partial charge in [-0.1, -0.05) is 18.2 Å². The molecule has 6 heteroatoms. The third-order valence-corrected chi connectivity index (χ3v) is 4.98. The van der Waals surface area contributed by atoms with Crippen LogP contribution in [0, 0.1) is 0 Å². The van der Waals surface area contributed by atoms with E-state index in [1.807, 2.05) is 24.3 Å². The van der Waals surface area contributed by atoms with Crippen molar-refractivity contribution < 1.29 is 17.9 Å². The van der Waals surface area contributed by atoms with Crippen LogP contribution >= 0.6 is 0 Å². The molecule has 5 nitrogen and oxygen atoms in total. The van der Waals surface area contributed by atoms with Crippen LogP contribution in [0.3, 0.4) is 0 Å². The molecule has 1 N–H and O–H groups in total. The summed E-state index contributed by atoms with van der Waals surface area (Å²) in [6.07, 6.45) is 1.98. The number of anilines is 1. The first-order valence-corrected chi connectivity index (χ1v) is 9.22. The van der Waals surface area contributed by atoms with Gasteiger partial charge in [0, 0.05) is 12.3 Å². The number of rotatable bonds is 4. The van der Waals surface area contributed by atoms with Crippen LogP contribution in [0.25, 0.3) is 0 Å². The van der Waals surface area contributed by atoms with Gasteiger partial charge < -0.3 is 14.8 Å². The van der Waals surface area contributed by atoms with E-state index in [1.165, 1.54) is 6.26 Å². The third kappa shape index (κ3) is 3.42. The molecule has 1 aliphatic heterocycles. The van der Waals surface area contributed by atoms with Crippen molar-refractivity contribution >= 4 is 15.5 Å². The van der Waals surface area contributed by atoms with Crippen LogP contribution in [0.5, 0.6) is 11.5 Å². The molecule has 0 fully saturated rings. The number of methoxy groups -OCH3 is 1. The van der Waals surface area contributed by atoms with E-state index in [-0.39, 0.29) is 6.04 Å². The Labute approximate surface area is 136 Å². The smallest absolute Gasteiger partial charge is 0.177 e. The highest BCUT2D eigenvalue weighted by atomic mass is 32.2. The van der Waals surface area contributed by atoms with E-state index in [2.05, 4.69) is 5.32 Å². The Morgan fingerprint density at radius 3 is 2.74 bits per heavy atom. The summed E-state index contributed by atoms with van der Waals surface area (Å²) < 4.78 is 34.7. The van der Waals surface area contributed by atoms with Crippen molar-refractivity contribution in [1.29, 1.82) is 0 Å². The molecular weight excluding hydrogens is 314 g/mol. The Hall–Kier alpha value is -2.21. The lowest BCUT2D eigenvalue weighted by atomic mass is 10.0. The maximum absolute atomic E-state index is 11.9. The number of nitrogens with one attached hydrogen (secondary N) is 1. The normalized spacial score (nSPS) is 17.0. The molecule has 122 valence electrons. The Kier molecular flexibility index (Phi) is 4.17. The van der Waals surface area contributed by atoms with E-state index < -0.39 is 9.84 Å². The topological polar surface area (TPSA) is 64.6 Å². The lowest BCUT2D eigenvalue weighted by molar-refractivity contribution is 0.270. The molecule has 0 aliphatic carbocycles. The van der Waals surface area contributed by atoms with Crippen molar-refractivity contribution in [3.63, 3.8) is 0 Å². The zero-order valence-corrected chi connectivity index (χ0v) is 13.9. The summed E-state index contributed by atoms with van der Waals surface area (Å²) in [7, 11) is -1.65. The van der Waals surface area contributed by atoms with Crippen molar-refractivity contribution in [2.45, 2.75) is 17.4 Å². The first kappa shape index (κ1) is 15.7. The van der Waals surface area contributed by atoms with E-state index in [9.17, 15) is 8.42 Å². The fraction of sp³-hybridized carbons (Fsp3) is 0.294. The van der Waals surface area contributed by atoms with Crippen LogP contribution in [0.15, 0.2) is 47.4 Å². The molecule has 1 heterocycles. The number of fused-ring (bicyclic) bond motifs is 1. The van der Waals surface area contributed by atoms with Crippen LogP contribution in [-0.2, 0) is 16.3 Å². The van der Waals surface area contributed by atoms with Gasteiger partial charge in [-0.3, -0.25) is 0 Å². The van der Waals surface area contributed by atoms with Crippen LogP contribution in [0.2, 0.25) is 0 Å². The SMILES string of the molecule is COc1ccc2c(c1)OCC(Nc1ccccc1S(C)(=O)=O)C2. The monoisotopic (exact) mass is 333 g/mol. The highest BCUT2D eigenvalue weighted by Gasteiger charge is 2.22. The van der Waals surface area contributed by atoms with Gasteiger partial charge in [0.1, 0.15) is 18.1 Å². The van der Waals surface area contributed by atoms with Crippen LogP contribution in [0.4, 0.5) is 5.69 Å². The average Bonchev–Trinajstić information content (AvgIpc) is 2.54. The third-order valence-electron chi connectivity index (χ3n) is 3.83. The Balaban J connectivity index is 1.81. The first-order chi connectivity index (χ1) is 11.0. The van der Waals surface area contributed by atoms with Crippen molar-refractivity contribution in [3.8, 4) is 11.5 Å². The van der Waals surface area contributed by atoms with Gasteiger partial charge in [0.25, 0.3) is 0 Å². The Morgan fingerprint density at radius 2 is 2.00 bits per heavy atom. The lowest BCUT2D eigenvalue weighted by Gasteiger charge is -2.27. The van der Waals surface area contributed by atoms with Crippen LogP contribution < -0.4 is 14.8 Å². The quantitative estimate of drug-likeness (QED) is 0.931. The van der Waals surface area contributed by atoms with E-state index in [1.54, 1.807) is 25.3 Å². The molecule has 23 heavy (non-hydrogen) atoms. The maximum atomic E-state index is 11.9. The standard InChI is InChI=1S/C17H19NO4S/c1-21-14-8-7-12-9-13(11-22-16(12)10-14)18-15-5-3-4-6-17(15)23(2,19)20/h3-8,10,13,18H,9,11H2,1-2H3. The Bertz CT molecular complexity index is 817. The molecule has 1 aliphatic rings. The molecule has 0 bridgehead atoms. The molecule has 1 unspecified atom stereocenters. The number of benzene rings is 2. The summed E-state index contributed by atoms with van der Waals surface area (Å²) in [5.41, 5.74) is 1.69. The maximum Gasteiger partial charge on any atom is 0.177 e. The highest BCUT2D eigenvalue weighted by molar-refractivity contribution is 7.90. The molecule has 0 radical (unpaired) electrons. The summed E-state index contributed by atoms with van der Waals surface area (Å²) in [5, 5.41) is 3.29. The molecule has 2 aromatic rings. The molecule has 0 spiro atoms. The Morgan fingerprint density at radius 1 is 1.22 bits per heavy atom. The summed E-state index contributed by atoms with van der Waals surface area (Å²) in [4.78, 5) is 0.306. The molecule has 0 aromatic heterocycles. The zero-order chi connectivity index (χ0) is 16.4. The summed E-state index contributed by atoms with van der Waals surface area (Å²) in [5.74, 6) is 1.58. The van der Waals surface area contributed by atoms with Crippen molar-refractivity contribution in [2.24, 2.45) is 0 Å². The number of sulfone groups is 1.